The van der Waals surface area contributed by atoms with E-state index in [2.05, 4.69) is 8.83 Å². The van der Waals surface area contributed by atoms with Gasteiger partial charge in [0.05, 0.1) is 0 Å². The maximum Gasteiger partial charge on any atom is 0.519 e. The first-order valence-corrected chi connectivity index (χ1v) is 4.34. The fourth-order valence-corrected chi connectivity index (χ4v) is 0.819. The zero-order chi connectivity index (χ0) is 11.3. The molecule has 0 radical (unpaired) electrons. The van der Waals surface area contributed by atoms with Crippen LogP contribution < -0.4 is 5.82 Å². The van der Waals surface area contributed by atoms with Crippen LogP contribution in [-0.4, -0.2) is 11.1 Å². The Morgan fingerprint density at radius 2 is 1.67 bits per heavy atom. The number of carbonyl (C=O) groups is 1. The third-order valence-corrected chi connectivity index (χ3v) is 1.54. The lowest BCUT2D eigenvalue weighted by Gasteiger charge is -1.77. The average Bonchev–Trinajstić information content (AvgIpc) is 2.58. The highest BCUT2D eigenvalue weighted by Gasteiger charge is 1.98. The van der Waals surface area contributed by atoms with Gasteiger partial charge in [0.2, 0.25) is 0 Å². The monoisotopic (exact) mass is 210 g/mol. The molecule has 2 rings (SSSR count). The van der Waals surface area contributed by atoms with Crippen LogP contribution >= 0.6 is 0 Å². The molecular weight excluding hydrogens is 200 g/mol. The highest BCUT2D eigenvalue weighted by molar-refractivity contribution is 5.68. The largest absolute Gasteiger partial charge is 0.519 e. The quantitative estimate of drug-likeness (QED) is 0.776. The minimum atomic E-state index is -0.745. The third kappa shape index (κ3) is 3.30. The summed E-state index contributed by atoms with van der Waals surface area (Å²) in [6.45, 7) is 1.60. The molecule has 0 spiro atoms. The Bertz CT molecular complexity index is 457. The summed E-state index contributed by atoms with van der Waals surface area (Å²) in [7, 11) is 0. The Balaban J connectivity index is 0.000000195. The predicted octanol–water partition coefficient (Wildman–Crippen LogP) is 1.87. The topological polar surface area (TPSA) is 80.6 Å². The normalized spacial score (nSPS) is 9.40. The minimum absolute atomic E-state index is 0.222. The second kappa shape index (κ2) is 4.99. The molecule has 1 aromatic heterocycles. The number of para-hydroxylation sites is 2. The SMILES string of the molecule is CCC(=O)O.O=c1oc2ccccc2o1. The second-order valence-corrected chi connectivity index (χ2v) is 2.65. The van der Waals surface area contributed by atoms with Gasteiger partial charge in [-0.2, -0.15) is 0 Å². The van der Waals surface area contributed by atoms with Gasteiger partial charge >= 0.3 is 11.8 Å². The van der Waals surface area contributed by atoms with Crippen molar-refractivity contribution in [3.05, 3.63) is 34.9 Å². The maximum atomic E-state index is 10.5. The molecule has 1 aromatic carbocycles. The highest BCUT2D eigenvalue weighted by atomic mass is 16.6. The second-order valence-electron chi connectivity index (χ2n) is 2.65. The number of rotatable bonds is 1. The van der Waals surface area contributed by atoms with Crippen LogP contribution in [0.4, 0.5) is 0 Å². The van der Waals surface area contributed by atoms with Crippen molar-refractivity contribution in [1.29, 1.82) is 0 Å². The van der Waals surface area contributed by atoms with Crippen molar-refractivity contribution in [1.82, 2.24) is 0 Å². The minimum Gasteiger partial charge on any atom is -0.481 e. The first kappa shape index (κ1) is 11.0. The van der Waals surface area contributed by atoms with Crippen LogP contribution in [0.25, 0.3) is 11.2 Å². The van der Waals surface area contributed by atoms with Crippen LogP contribution in [0.15, 0.2) is 37.9 Å². The predicted molar refractivity (Wildman–Crippen MR) is 52.7 cm³/mol. The number of carboxylic acids is 1. The van der Waals surface area contributed by atoms with Crippen LogP contribution in [-0.2, 0) is 4.79 Å². The molecule has 0 fully saturated rings. The van der Waals surface area contributed by atoms with E-state index < -0.39 is 11.8 Å². The van der Waals surface area contributed by atoms with Gasteiger partial charge in [-0.25, -0.2) is 4.79 Å². The molecule has 5 heteroatoms. The molecule has 0 saturated carbocycles. The number of benzene rings is 1. The van der Waals surface area contributed by atoms with Gasteiger partial charge in [-0.1, -0.05) is 19.1 Å². The van der Waals surface area contributed by atoms with E-state index in [0.29, 0.717) is 11.2 Å². The summed E-state index contributed by atoms with van der Waals surface area (Å²) >= 11 is 0. The van der Waals surface area contributed by atoms with E-state index >= 15 is 0 Å². The highest BCUT2D eigenvalue weighted by Crippen LogP contribution is 2.09. The Labute approximate surface area is 84.9 Å². The van der Waals surface area contributed by atoms with Gasteiger partial charge < -0.3 is 13.9 Å². The Kier molecular flexibility index (Phi) is 3.68. The van der Waals surface area contributed by atoms with Crippen molar-refractivity contribution in [2.45, 2.75) is 13.3 Å². The van der Waals surface area contributed by atoms with Gasteiger partial charge in [-0.15, -0.1) is 0 Å². The zero-order valence-corrected chi connectivity index (χ0v) is 8.10. The van der Waals surface area contributed by atoms with Crippen LogP contribution in [0, 0.1) is 0 Å². The molecular formula is C10H10O5. The van der Waals surface area contributed by atoms with Crippen molar-refractivity contribution in [2.75, 3.05) is 0 Å². The molecule has 2 aromatic rings. The standard InChI is InChI=1S/C7H4O3.C3H6O2/c8-7-9-5-3-1-2-4-6(5)10-7;1-2-3(4)5/h1-4H;2H2,1H3,(H,4,5). The lowest BCUT2D eigenvalue weighted by molar-refractivity contribution is -0.136. The van der Waals surface area contributed by atoms with E-state index in [1.54, 1.807) is 31.2 Å². The zero-order valence-electron chi connectivity index (χ0n) is 8.10. The van der Waals surface area contributed by atoms with Gasteiger partial charge in [0.25, 0.3) is 0 Å². The van der Waals surface area contributed by atoms with Gasteiger partial charge in [-0.3, -0.25) is 4.79 Å². The summed E-state index contributed by atoms with van der Waals surface area (Å²) in [5, 5.41) is 7.72. The maximum absolute atomic E-state index is 10.5. The van der Waals surface area contributed by atoms with Gasteiger partial charge in [0.1, 0.15) is 0 Å². The Morgan fingerprint density at radius 1 is 1.27 bits per heavy atom. The van der Waals surface area contributed by atoms with E-state index in [1.807, 2.05) is 0 Å². The van der Waals surface area contributed by atoms with Crippen molar-refractivity contribution < 1.29 is 18.7 Å². The van der Waals surface area contributed by atoms with E-state index in [1.165, 1.54) is 0 Å². The molecule has 0 aliphatic carbocycles. The summed E-state index contributed by atoms with van der Waals surface area (Å²) in [5.74, 6) is -1.40. The molecule has 0 amide bonds. The van der Waals surface area contributed by atoms with Crippen LogP contribution in [0.2, 0.25) is 0 Å². The molecule has 0 bridgehead atoms. The summed E-state index contributed by atoms with van der Waals surface area (Å²) in [4.78, 5) is 19.8. The van der Waals surface area contributed by atoms with Crippen molar-refractivity contribution in [3.8, 4) is 0 Å². The number of fused-ring (bicyclic) bond motifs is 1. The fraction of sp³-hybridized carbons (Fsp3) is 0.200. The molecule has 0 unspecified atom stereocenters. The molecule has 0 aliphatic heterocycles. The van der Waals surface area contributed by atoms with E-state index in [9.17, 15) is 9.59 Å². The molecule has 15 heavy (non-hydrogen) atoms. The lowest BCUT2D eigenvalue weighted by Crippen LogP contribution is -1.86. The van der Waals surface area contributed by atoms with Gasteiger partial charge in [0, 0.05) is 6.42 Å². The Hall–Kier alpha value is -2.04. The Morgan fingerprint density at radius 3 is 2.00 bits per heavy atom. The van der Waals surface area contributed by atoms with Crippen molar-refractivity contribution in [2.24, 2.45) is 0 Å². The van der Waals surface area contributed by atoms with Crippen LogP contribution in [0.5, 0.6) is 0 Å². The molecule has 1 N–H and O–H groups in total. The van der Waals surface area contributed by atoms with E-state index in [0.717, 1.165) is 0 Å². The van der Waals surface area contributed by atoms with E-state index in [-0.39, 0.29) is 6.42 Å². The van der Waals surface area contributed by atoms with Gasteiger partial charge in [-0.05, 0) is 12.1 Å². The summed E-state index contributed by atoms with van der Waals surface area (Å²) in [6.07, 6.45) is 0.222. The third-order valence-electron chi connectivity index (χ3n) is 1.54. The molecule has 0 atom stereocenters. The fourth-order valence-electron chi connectivity index (χ4n) is 0.819. The van der Waals surface area contributed by atoms with Crippen LogP contribution in [0.1, 0.15) is 13.3 Å². The first-order chi connectivity index (χ1) is 7.13. The summed E-state index contributed by atoms with van der Waals surface area (Å²) in [6, 6.07) is 6.92. The number of aliphatic carboxylic acids is 1. The molecule has 0 saturated heterocycles. The van der Waals surface area contributed by atoms with E-state index in [4.69, 9.17) is 5.11 Å². The molecule has 80 valence electrons. The smallest absolute Gasteiger partial charge is 0.481 e. The summed E-state index contributed by atoms with van der Waals surface area (Å²) < 4.78 is 9.29. The molecule has 1 heterocycles. The van der Waals surface area contributed by atoms with Gasteiger partial charge in [0.15, 0.2) is 11.2 Å². The number of hydrogen-bond acceptors (Lipinski definition) is 4. The average molecular weight is 210 g/mol. The number of carboxylic acid groups (broad SMARTS) is 1. The summed E-state index contributed by atoms with van der Waals surface area (Å²) in [5.41, 5.74) is 0.986. The molecule has 5 nitrogen and oxygen atoms in total. The first-order valence-electron chi connectivity index (χ1n) is 4.34. The molecule has 0 aliphatic rings. The van der Waals surface area contributed by atoms with Crippen LogP contribution in [0.3, 0.4) is 0 Å². The van der Waals surface area contributed by atoms with Crippen molar-refractivity contribution >= 4 is 17.1 Å². The lowest BCUT2D eigenvalue weighted by atomic mass is 10.3. The number of hydrogen-bond donors (Lipinski definition) is 1. The van der Waals surface area contributed by atoms with Crippen molar-refractivity contribution in [3.63, 3.8) is 0 Å².